The summed E-state index contributed by atoms with van der Waals surface area (Å²) < 4.78 is 0. The van der Waals surface area contributed by atoms with E-state index in [2.05, 4.69) is 15.5 Å². The van der Waals surface area contributed by atoms with Crippen LogP contribution in [-0.2, 0) is 9.59 Å². The van der Waals surface area contributed by atoms with Crippen molar-refractivity contribution in [2.45, 2.75) is 13.3 Å². The molecule has 136 valence electrons. The standard InChI is InChI=1S/C16H20Cl2N4O3/c1-11(23)20-16(25)19-3-2-15(24)22-6-4-21(5-7-22)14-9-12(17)8-13(18)10-14/h8-10H,2-7H2,1H3,(H2,19,20,23,25). The van der Waals surface area contributed by atoms with Gasteiger partial charge in [-0.3, -0.25) is 14.9 Å². The number of anilines is 1. The number of hydrogen-bond donors (Lipinski definition) is 2. The molecule has 1 saturated heterocycles. The Bertz CT molecular complexity index is 641. The summed E-state index contributed by atoms with van der Waals surface area (Å²) in [6, 6.07) is 4.79. The number of amides is 4. The molecule has 0 aliphatic carbocycles. The van der Waals surface area contributed by atoms with Gasteiger partial charge in [-0.1, -0.05) is 23.2 Å². The van der Waals surface area contributed by atoms with Gasteiger partial charge in [0.2, 0.25) is 11.8 Å². The number of urea groups is 1. The van der Waals surface area contributed by atoms with Crippen LogP contribution in [0, 0.1) is 0 Å². The summed E-state index contributed by atoms with van der Waals surface area (Å²) >= 11 is 12.1. The summed E-state index contributed by atoms with van der Waals surface area (Å²) in [7, 11) is 0. The van der Waals surface area contributed by atoms with Gasteiger partial charge in [-0.2, -0.15) is 0 Å². The number of nitrogens with one attached hydrogen (secondary N) is 2. The van der Waals surface area contributed by atoms with Crippen LogP contribution in [0.15, 0.2) is 18.2 Å². The molecule has 4 amide bonds. The molecule has 7 nitrogen and oxygen atoms in total. The summed E-state index contributed by atoms with van der Waals surface area (Å²) in [4.78, 5) is 38.1. The average Bonchev–Trinajstić information content (AvgIpc) is 2.53. The van der Waals surface area contributed by atoms with Crippen molar-refractivity contribution >= 4 is 46.7 Å². The highest BCUT2D eigenvalue weighted by Gasteiger charge is 2.21. The monoisotopic (exact) mass is 386 g/mol. The number of carbonyl (C=O) groups is 3. The molecular formula is C16H20Cl2N4O3. The first kappa shape index (κ1) is 19.3. The molecule has 0 atom stereocenters. The smallest absolute Gasteiger partial charge is 0.321 e. The van der Waals surface area contributed by atoms with Crippen molar-refractivity contribution in [3.05, 3.63) is 28.2 Å². The molecule has 0 radical (unpaired) electrons. The lowest BCUT2D eigenvalue weighted by atomic mass is 10.2. The second-order valence-electron chi connectivity index (χ2n) is 5.68. The third-order valence-electron chi connectivity index (χ3n) is 3.76. The Labute approximate surface area is 156 Å². The molecule has 1 aromatic rings. The largest absolute Gasteiger partial charge is 0.368 e. The van der Waals surface area contributed by atoms with Gasteiger partial charge in [0.1, 0.15) is 0 Å². The fraction of sp³-hybridized carbons (Fsp3) is 0.438. The molecule has 9 heteroatoms. The molecule has 1 aromatic carbocycles. The van der Waals surface area contributed by atoms with Gasteiger partial charge in [0.15, 0.2) is 0 Å². The van der Waals surface area contributed by atoms with E-state index in [1.807, 2.05) is 12.1 Å². The Kier molecular flexibility index (Phi) is 6.90. The molecule has 1 aliphatic rings. The number of benzene rings is 1. The van der Waals surface area contributed by atoms with E-state index in [1.165, 1.54) is 6.92 Å². The number of nitrogens with zero attached hydrogens (tertiary/aromatic N) is 2. The SMILES string of the molecule is CC(=O)NC(=O)NCCC(=O)N1CCN(c2cc(Cl)cc(Cl)c2)CC1. The van der Waals surface area contributed by atoms with E-state index < -0.39 is 11.9 Å². The van der Waals surface area contributed by atoms with Gasteiger partial charge in [-0.15, -0.1) is 0 Å². The van der Waals surface area contributed by atoms with Crippen molar-refractivity contribution in [3.63, 3.8) is 0 Å². The van der Waals surface area contributed by atoms with Gasteiger partial charge in [0.25, 0.3) is 0 Å². The van der Waals surface area contributed by atoms with E-state index in [0.717, 1.165) is 5.69 Å². The van der Waals surface area contributed by atoms with Crippen LogP contribution in [0.3, 0.4) is 0 Å². The molecule has 1 heterocycles. The summed E-state index contributed by atoms with van der Waals surface area (Å²) in [6.45, 7) is 3.96. The van der Waals surface area contributed by atoms with Crippen LogP contribution >= 0.6 is 23.2 Å². The van der Waals surface area contributed by atoms with Gasteiger partial charge < -0.3 is 15.1 Å². The van der Waals surface area contributed by atoms with E-state index in [-0.39, 0.29) is 18.9 Å². The average molecular weight is 387 g/mol. The Morgan fingerprint density at radius 2 is 1.64 bits per heavy atom. The summed E-state index contributed by atoms with van der Waals surface area (Å²) in [5.74, 6) is -0.479. The predicted octanol–water partition coefficient (Wildman–Crippen LogP) is 1.88. The maximum atomic E-state index is 12.2. The Morgan fingerprint density at radius 1 is 1.04 bits per heavy atom. The zero-order valence-corrected chi connectivity index (χ0v) is 15.4. The molecule has 1 fully saturated rings. The zero-order valence-electron chi connectivity index (χ0n) is 13.8. The van der Waals surface area contributed by atoms with Crippen molar-refractivity contribution in [1.82, 2.24) is 15.5 Å². The second-order valence-corrected chi connectivity index (χ2v) is 6.56. The molecule has 0 spiro atoms. The lowest BCUT2D eigenvalue weighted by Gasteiger charge is -2.36. The van der Waals surface area contributed by atoms with Crippen LogP contribution in [0.5, 0.6) is 0 Å². The zero-order chi connectivity index (χ0) is 18.4. The molecule has 2 N–H and O–H groups in total. The van der Waals surface area contributed by atoms with Gasteiger partial charge in [-0.05, 0) is 18.2 Å². The third kappa shape index (κ3) is 6.10. The minimum Gasteiger partial charge on any atom is -0.368 e. The van der Waals surface area contributed by atoms with Crippen LogP contribution in [0.1, 0.15) is 13.3 Å². The van der Waals surface area contributed by atoms with Gasteiger partial charge in [0.05, 0.1) is 0 Å². The highest BCUT2D eigenvalue weighted by molar-refractivity contribution is 6.35. The normalized spacial score (nSPS) is 14.2. The third-order valence-corrected chi connectivity index (χ3v) is 4.20. The number of hydrogen-bond acceptors (Lipinski definition) is 4. The fourth-order valence-electron chi connectivity index (χ4n) is 2.58. The molecular weight excluding hydrogens is 367 g/mol. The summed E-state index contributed by atoms with van der Waals surface area (Å²) in [5, 5.41) is 5.72. The van der Waals surface area contributed by atoms with Crippen LogP contribution in [0.2, 0.25) is 10.0 Å². The van der Waals surface area contributed by atoms with Crippen molar-refractivity contribution in [3.8, 4) is 0 Å². The molecule has 0 bridgehead atoms. The minimum absolute atomic E-state index is 0.0353. The highest BCUT2D eigenvalue weighted by atomic mass is 35.5. The summed E-state index contributed by atoms with van der Waals surface area (Å²) in [6.07, 6.45) is 0.189. The van der Waals surface area contributed by atoms with E-state index in [9.17, 15) is 14.4 Å². The van der Waals surface area contributed by atoms with E-state index in [4.69, 9.17) is 23.2 Å². The van der Waals surface area contributed by atoms with Crippen LogP contribution in [0.4, 0.5) is 10.5 Å². The Morgan fingerprint density at radius 3 is 2.20 bits per heavy atom. The predicted molar refractivity (Wildman–Crippen MR) is 97.1 cm³/mol. The van der Waals surface area contributed by atoms with Crippen LogP contribution in [0.25, 0.3) is 0 Å². The van der Waals surface area contributed by atoms with Crippen molar-refractivity contribution in [1.29, 1.82) is 0 Å². The summed E-state index contributed by atoms with van der Waals surface area (Å²) in [5.41, 5.74) is 0.937. The van der Waals surface area contributed by atoms with Gasteiger partial charge in [-0.25, -0.2) is 4.79 Å². The quantitative estimate of drug-likeness (QED) is 0.827. The van der Waals surface area contributed by atoms with Crippen LogP contribution in [-0.4, -0.2) is 55.5 Å². The Balaban J connectivity index is 1.76. The lowest BCUT2D eigenvalue weighted by Crippen LogP contribution is -2.49. The minimum atomic E-state index is -0.594. The molecule has 0 unspecified atom stereocenters. The van der Waals surface area contributed by atoms with Gasteiger partial charge >= 0.3 is 6.03 Å². The fourth-order valence-corrected chi connectivity index (χ4v) is 3.10. The topological polar surface area (TPSA) is 81.8 Å². The second kappa shape index (κ2) is 8.92. The molecule has 1 aliphatic heterocycles. The molecule has 2 rings (SSSR count). The van der Waals surface area contributed by atoms with Crippen molar-refractivity contribution < 1.29 is 14.4 Å². The van der Waals surface area contributed by atoms with E-state index in [1.54, 1.807) is 11.0 Å². The molecule has 0 saturated carbocycles. The first-order chi connectivity index (χ1) is 11.8. The maximum Gasteiger partial charge on any atom is 0.321 e. The Hall–Kier alpha value is -1.99. The molecule has 25 heavy (non-hydrogen) atoms. The first-order valence-corrected chi connectivity index (χ1v) is 8.65. The number of piperazine rings is 1. The maximum absolute atomic E-state index is 12.2. The van der Waals surface area contributed by atoms with Crippen LogP contribution < -0.4 is 15.5 Å². The van der Waals surface area contributed by atoms with Crippen molar-refractivity contribution in [2.24, 2.45) is 0 Å². The van der Waals surface area contributed by atoms with E-state index in [0.29, 0.717) is 36.2 Å². The van der Waals surface area contributed by atoms with Gasteiger partial charge in [0, 0.05) is 61.8 Å². The number of imide groups is 1. The van der Waals surface area contributed by atoms with Crippen molar-refractivity contribution in [2.75, 3.05) is 37.6 Å². The molecule has 0 aromatic heterocycles. The highest BCUT2D eigenvalue weighted by Crippen LogP contribution is 2.26. The lowest BCUT2D eigenvalue weighted by molar-refractivity contribution is -0.131. The number of carbonyl (C=O) groups excluding carboxylic acids is 3. The van der Waals surface area contributed by atoms with E-state index >= 15 is 0 Å². The number of rotatable bonds is 4. The first-order valence-electron chi connectivity index (χ1n) is 7.89. The number of halogens is 2.